The lowest BCUT2D eigenvalue weighted by Crippen LogP contribution is -2.54. The minimum atomic E-state index is -0.974. The highest BCUT2D eigenvalue weighted by molar-refractivity contribution is 5.93. The van der Waals surface area contributed by atoms with E-state index in [0.29, 0.717) is 30.9 Å². The average Bonchev–Trinajstić information content (AvgIpc) is 3.59. The van der Waals surface area contributed by atoms with Gasteiger partial charge in [0, 0.05) is 37.8 Å². The molecule has 0 fully saturated rings. The number of aryl methyl sites for hydroxylation is 2. The Morgan fingerprint density at radius 1 is 0.920 bits per heavy atom. The summed E-state index contributed by atoms with van der Waals surface area (Å²) in [6, 6.07) is 6.78. The maximum Gasteiger partial charge on any atom is 0.243 e. The van der Waals surface area contributed by atoms with E-state index in [2.05, 4.69) is 36.4 Å². The summed E-state index contributed by atoms with van der Waals surface area (Å²) >= 11 is 0. The first kappa shape index (κ1) is 37.7. The molecule has 270 valence electrons. The number of hydrogen-bond donors (Lipinski definition) is 4. The minimum Gasteiger partial charge on any atom is -0.354 e. The van der Waals surface area contributed by atoms with E-state index in [1.54, 1.807) is 11.6 Å². The third-order valence-electron chi connectivity index (χ3n) is 8.74. The SMILES string of the molecule is Cc1nn(C)c(C)c1CCC(=O)N1CCCNC(=O)Cn2nc(-c3ccccc3)nc2[C@H](C)NC(=O)[C@@H](CC(C)C)NC(=O)[C@@H](C)NC(=O)C1. The summed E-state index contributed by atoms with van der Waals surface area (Å²) in [7, 11) is 1.85. The van der Waals surface area contributed by atoms with Crippen molar-refractivity contribution in [1.82, 2.24) is 50.7 Å². The second kappa shape index (κ2) is 17.0. The van der Waals surface area contributed by atoms with Gasteiger partial charge < -0.3 is 26.2 Å². The van der Waals surface area contributed by atoms with Crippen molar-refractivity contribution in [2.75, 3.05) is 19.6 Å². The maximum atomic E-state index is 13.6. The quantitative estimate of drug-likeness (QED) is 0.300. The van der Waals surface area contributed by atoms with E-state index < -0.39 is 35.8 Å². The summed E-state index contributed by atoms with van der Waals surface area (Å²) in [6.45, 7) is 11.0. The first-order valence-electron chi connectivity index (χ1n) is 17.2. The van der Waals surface area contributed by atoms with Crippen LogP contribution in [0.1, 0.15) is 75.8 Å². The molecular formula is C35H50N10O5. The zero-order valence-corrected chi connectivity index (χ0v) is 30.1. The smallest absolute Gasteiger partial charge is 0.243 e. The van der Waals surface area contributed by atoms with Crippen molar-refractivity contribution in [3.63, 3.8) is 0 Å². The van der Waals surface area contributed by atoms with E-state index in [4.69, 9.17) is 0 Å². The van der Waals surface area contributed by atoms with Crippen LogP contribution in [-0.4, -0.2) is 90.7 Å². The van der Waals surface area contributed by atoms with Gasteiger partial charge in [0.25, 0.3) is 0 Å². The van der Waals surface area contributed by atoms with Crippen molar-refractivity contribution in [3.05, 3.63) is 53.1 Å². The summed E-state index contributed by atoms with van der Waals surface area (Å²) in [5.41, 5.74) is 3.55. The Labute approximate surface area is 292 Å². The predicted molar refractivity (Wildman–Crippen MR) is 186 cm³/mol. The number of nitrogens with zero attached hydrogens (tertiary/aromatic N) is 6. The molecule has 0 saturated heterocycles. The van der Waals surface area contributed by atoms with E-state index in [0.717, 1.165) is 22.5 Å². The molecule has 1 aliphatic rings. The molecule has 4 N–H and O–H groups in total. The lowest BCUT2D eigenvalue weighted by atomic mass is 10.0. The van der Waals surface area contributed by atoms with Crippen LogP contribution in [0.3, 0.4) is 0 Å². The van der Waals surface area contributed by atoms with Crippen molar-refractivity contribution in [1.29, 1.82) is 0 Å². The zero-order valence-electron chi connectivity index (χ0n) is 30.1. The number of hydrogen-bond acceptors (Lipinski definition) is 8. The highest BCUT2D eigenvalue weighted by Crippen LogP contribution is 2.20. The maximum absolute atomic E-state index is 13.6. The molecule has 50 heavy (non-hydrogen) atoms. The van der Waals surface area contributed by atoms with Crippen molar-refractivity contribution >= 4 is 29.5 Å². The lowest BCUT2D eigenvalue weighted by Gasteiger charge is -2.25. The van der Waals surface area contributed by atoms with Gasteiger partial charge in [-0.25, -0.2) is 9.67 Å². The van der Waals surface area contributed by atoms with Crippen LogP contribution < -0.4 is 21.3 Å². The largest absolute Gasteiger partial charge is 0.354 e. The number of nitrogens with one attached hydrogen (secondary N) is 4. The van der Waals surface area contributed by atoms with Crippen LogP contribution in [0.15, 0.2) is 30.3 Å². The van der Waals surface area contributed by atoms with Gasteiger partial charge in [-0.05, 0) is 58.4 Å². The highest BCUT2D eigenvalue weighted by Gasteiger charge is 2.29. The normalized spacial score (nSPS) is 20.2. The van der Waals surface area contributed by atoms with Crippen molar-refractivity contribution in [3.8, 4) is 11.4 Å². The number of benzene rings is 1. The van der Waals surface area contributed by atoms with Crippen LogP contribution in [-0.2, 0) is 44.0 Å². The molecule has 0 aliphatic carbocycles. The zero-order chi connectivity index (χ0) is 36.5. The fourth-order valence-electron chi connectivity index (χ4n) is 5.96. The second-order valence-electron chi connectivity index (χ2n) is 13.3. The molecule has 4 rings (SSSR count). The molecule has 3 heterocycles. The van der Waals surface area contributed by atoms with Crippen molar-refractivity contribution in [2.24, 2.45) is 13.0 Å². The van der Waals surface area contributed by atoms with E-state index in [1.165, 1.54) is 16.5 Å². The van der Waals surface area contributed by atoms with E-state index in [-0.39, 0.29) is 50.3 Å². The number of aromatic nitrogens is 5. The van der Waals surface area contributed by atoms with Gasteiger partial charge in [-0.2, -0.15) is 10.2 Å². The molecule has 1 aromatic carbocycles. The molecule has 3 aromatic rings. The third kappa shape index (κ3) is 9.98. The Hall–Kier alpha value is -5.08. The molecule has 1 aliphatic heterocycles. The van der Waals surface area contributed by atoms with E-state index in [9.17, 15) is 24.0 Å². The van der Waals surface area contributed by atoms with Crippen LogP contribution in [0.25, 0.3) is 11.4 Å². The van der Waals surface area contributed by atoms with Gasteiger partial charge in [0.1, 0.15) is 24.5 Å². The molecule has 0 radical (unpaired) electrons. The van der Waals surface area contributed by atoms with Crippen LogP contribution in [0, 0.1) is 19.8 Å². The molecule has 5 amide bonds. The number of carbonyl (C=O) groups excluding carboxylic acids is 5. The van der Waals surface area contributed by atoms with Gasteiger partial charge in [-0.3, -0.25) is 28.7 Å². The fraction of sp³-hybridized carbons (Fsp3) is 0.543. The second-order valence-corrected chi connectivity index (χ2v) is 13.3. The van der Waals surface area contributed by atoms with Gasteiger partial charge in [-0.15, -0.1) is 0 Å². The van der Waals surface area contributed by atoms with Crippen molar-refractivity contribution in [2.45, 2.75) is 91.9 Å². The Kier molecular flexibility index (Phi) is 12.9. The van der Waals surface area contributed by atoms with Crippen LogP contribution in [0.4, 0.5) is 0 Å². The summed E-state index contributed by atoms with van der Waals surface area (Å²) < 4.78 is 3.24. The highest BCUT2D eigenvalue weighted by atomic mass is 16.2. The molecule has 15 heteroatoms. The molecule has 3 atom stereocenters. The molecule has 0 spiro atoms. The van der Waals surface area contributed by atoms with Gasteiger partial charge in [0.05, 0.1) is 18.3 Å². The van der Waals surface area contributed by atoms with Crippen molar-refractivity contribution < 1.29 is 24.0 Å². The molecule has 15 nitrogen and oxygen atoms in total. The van der Waals surface area contributed by atoms with E-state index >= 15 is 0 Å². The summed E-state index contributed by atoms with van der Waals surface area (Å²) in [5, 5.41) is 20.3. The summed E-state index contributed by atoms with van der Waals surface area (Å²) in [4.78, 5) is 72.8. The lowest BCUT2D eigenvalue weighted by molar-refractivity contribution is -0.137. The van der Waals surface area contributed by atoms with Crippen LogP contribution in [0.5, 0.6) is 0 Å². The Balaban J connectivity index is 1.58. The summed E-state index contributed by atoms with van der Waals surface area (Å²) in [5.74, 6) is -1.22. The number of rotatable bonds is 6. The predicted octanol–water partition coefficient (Wildman–Crippen LogP) is 1.49. The molecule has 0 saturated carbocycles. The van der Waals surface area contributed by atoms with Gasteiger partial charge in [0.15, 0.2) is 5.82 Å². The third-order valence-corrected chi connectivity index (χ3v) is 8.74. The van der Waals surface area contributed by atoms with E-state index in [1.807, 2.05) is 65.1 Å². The monoisotopic (exact) mass is 690 g/mol. The van der Waals surface area contributed by atoms with Crippen LogP contribution in [0.2, 0.25) is 0 Å². The topological polar surface area (TPSA) is 185 Å². The number of carbonyl (C=O) groups is 5. The average molecular weight is 691 g/mol. The Morgan fingerprint density at radius 2 is 1.64 bits per heavy atom. The van der Waals surface area contributed by atoms with Crippen LogP contribution >= 0.6 is 0 Å². The fourth-order valence-corrected chi connectivity index (χ4v) is 5.96. The standard InChI is InChI=1S/C35H50N10O5/c1-21(2)18-28-35(50)38-23(4)33-40-32(26-12-9-8-10-13-26)42-45(33)20-29(46)36-16-11-17-44(19-30(47)37-24(5)34(49)39-28)31(48)15-14-27-22(3)41-43(7)25(27)6/h8-10,12-13,21,23-24,28H,11,14-20H2,1-7H3,(H,36,46)(H,37,47)(H,38,50)(H,39,49)/t23-,24+,28+/m0/s1. The first-order valence-corrected chi connectivity index (χ1v) is 17.2. The van der Waals surface area contributed by atoms with Gasteiger partial charge in [0.2, 0.25) is 29.5 Å². The molecular weight excluding hydrogens is 640 g/mol. The molecule has 2 aromatic heterocycles. The Bertz CT molecular complexity index is 1680. The van der Waals surface area contributed by atoms with Gasteiger partial charge in [-0.1, -0.05) is 44.2 Å². The summed E-state index contributed by atoms with van der Waals surface area (Å²) in [6.07, 6.45) is 1.34. The molecule has 0 bridgehead atoms. The van der Waals surface area contributed by atoms with Gasteiger partial charge >= 0.3 is 0 Å². The first-order chi connectivity index (χ1) is 23.7. The number of fused-ring (bicyclic) bond motifs is 1. The Morgan fingerprint density at radius 3 is 2.30 bits per heavy atom. The molecule has 0 unspecified atom stereocenters. The minimum absolute atomic E-state index is 0.0590. The number of amides is 5.